The second-order valence-corrected chi connectivity index (χ2v) is 9.22. The molecule has 0 N–H and O–H groups in total. The Balaban J connectivity index is 1.50. The van der Waals surface area contributed by atoms with Gasteiger partial charge in [-0.05, 0) is 48.7 Å². The number of imidazole rings is 1. The lowest BCUT2D eigenvalue weighted by Gasteiger charge is -2.07. The molecule has 6 rings (SSSR count). The van der Waals surface area contributed by atoms with E-state index in [4.69, 9.17) is 23.2 Å². The molecule has 33 heavy (non-hydrogen) atoms. The zero-order chi connectivity index (χ0) is 22.4. The molecule has 6 aromatic rings. The summed E-state index contributed by atoms with van der Waals surface area (Å²) < 4.78 is 6.70. The van der Waals surface area contributed by atoms with E-state index in [0.717, 1.165) is 30.6 Å². The van der Waals surface area contributed by atoms with Gasteiger partial charge in [0.2, 0.25) is 0 Å². The highest BCUT2D eigenvalue weighted by atomic mass is 35.5. The van der Waals surface area contributed by atoms with Crippen molar-refractivity contribution in [2.75, 3.05) is 0 Å². The highest BCUT2D eigenvalue weighted by Crippen LogP contribution is 2.32. The number of hydrogen-bond donors (Lipinski definition) is 0. The third kappa shape index (κ3) is 3.58. The third-order valence-corrected chi connectivity index (χ3v) is 6.86. The van der Waals surface area contributed by atoms with E-state index < -0.39 is 0 Å². The molecule has 0 aliphatic rings. The standard InChI is InChI=1S/C28H22Cl2N3/c29-21-12-13-26(24(30)17-21)32-18-27-28-23(14-16-31(27)19-32)22-10-4-5-11-25(22)33(28)15-6-9-20-7-2-1-3-8-20/h1-5,7-8,10-14,16-19H,6,9,15H2/q+1. The van der Waals surface area contributed by atoms with Crippen LogP contribution >= 0.6 is 23.2 Å². The molecule has 162 valence electrons. The van der Waals surface area contributed by atoms with Crippen LogP contribution in [0.5, 0.6) is 0 Å². The second kappa shape index (κ2) is 8.26. The maximum atomic E-state index is 6.51. The topological polar surface area (TPSA) is 13.2 Å². The molecule has 3 aromatic heterocycles. The van der Waals surface area contributed by atoms with Crippen LogP contribution in [0.4, 0.5) is 0 Å². The van der Waals surface area contributed by atoms with Crippen LogP contribution in [0.1, 0.15) is 12.0 Å². The van der Waals surface area contributed by atoms with Gasteiger partial charge in [-0.15, -0.1) is 0 Å². The summed E-state index contributed by atoms with van der Waals surface area (Å²) in [5, 5.41) is 3.81. The minimum atomic E-state index is 0.628. The minimum Gasteiger partial charge on any atom is -0.337 e. The molecule has 5 heteroatoms. The van der Waals surface area contributed by atoms with E-state index in [1.165, 1.54) is 27.4 Å². The molecule has 0 radical (unpaired) electrons. The molecule has 0 amide bonds. The Morgan fingerprint density at radius 3 is 2.45 bits per heavy atom. The average molecular weight is 471 g/mol. The van der Waals surface area contributed by atoms with Gasteiger partial charge < -0.3 is 4.57 Å². The van der Waals surface area contributed by atoms with Crippen molar-refractivity contribution in [1.29, 1.82) is 0 Å². The van der Waals surface area contributed by atoms with Crippen LogP contribution in [-0.4, -0.2) is 8.97 Å². The first-order chi connectivity index (χ1) is 16.2. The highest BCUT2D eigenvalue weighted by molar-refractivity contribution is 6.35. The van der Waals surface area contributed by atoms with Gasteiger partial charge in [0.25, 0.3) is 6.33 Å². The molecular formula is C28H22Cl2N3+. The van der Waals surface area contributed by atoms with E-state index in [1.807, 2.05) is 12.1 Å². The van der Waals surface area contributed by atoms with Crippen LogP contribution in [0, 0.1) is 0 Å². The summed E-state index contributed by atoms with van der Waals surface area (Å²) in [7, 11) is 0. The Kier molecular flexibility index (Phi) is 5.09. The fourth-order valence-corrected chi connectivity index (χ4v) is 5.31. The van der Waals surface area contributed by atoms with Gasteiger partial charge in [0, 0.05) is 27.9 Å². The van der Waals surface area contributed by atoms with Crippen molar-refractivity contribution in [3.05, 3.63) is 113 Å². The molecule has 3 aromatic carbocycles. The number of nitrogens with zero attached hydrogens (tertiary/aromatic N) is 3. The van der Waals surface area contributed by atoms with Crippen molar-refractivity contribution in [2.45, 2.75) is 19.4 Å². The number of halogens is 2. The van der Waals surface area contributed by atoms with Crippen molar-refractivity contribution < 1.29 is 4.57 Å². The van der Waals surface area contributed by atoms with E-state index in [-0.39, 0.29) is 0 Å². The quantitative estimate of drug-likeness (QED) is 0.235. The summed E-state index contributed by atoms with van der Waals surface area (Å²) in [4.78, 5) is 0. The van der Waals surface area contributed by atoms with E-state index in [9.17, 15) is 0 Å². The molecule has 3 nitrogen and oxygen atoms in total. The summed E-state index contributed by atoms with van der Waals surface area (Å²) in [6.45, 7) is 0.950. The molecule has 0 atom stereocenters. The van der Waals surface area contributed by atoms with Crippen molar-refractivity contribution in [3.8, 4) is 5.69 Å². The maximum absolute atomic E-state index is 6.51. The van der Waals surface area contributed by atoms with E-state index in [2.05, 4.69) is 92.9 Å². The zero-order valence-corrected chi connectivity index (χ0v) is 19.5. The number of fused-ring (bicyclic) bond motifs is 5. The van der Waals surface area contributed by atoms with E-state index >= 15 is 0 Å². The third-order valence-electron chi connectivity index (χ3n) is 6.32. The molecule has 0 bridgehead atoms. The lowest BCUT2D eigenvalue weighted by Crippen LogP contribution is -2.27. The summed E-state index contributed by atoms with van der Waals surface area (Å²) in [6, 6.07) is 27.2. The molecule has 0 saturated carbocycles. The van der Waals surface area contributed by atoms with Gasteiger partial charge >= 0.3 is 0 Å². The normalized spacial score (nSPS) is 11.7. The van der Waals surface area contributed by atoms with Gasteiger partial charge in [-0.1, -0.05) is 71.7 Å². The van der Waals surface area contributed by atoms with Gasteiger partial charge in [-0.25, -0.2) is 4.40 Å². The van der Waals surface area contributed by atoms with Gasteiger partial charge in [0.1, 0.15) is 11.7 Å². The molecule has 0 spiro atoms. The number of pyridine rings is 1. The van der Waals surface area contributed by atoms with Gasteiger partial charge in [-0.3, -0.25) is 0 Å². The zero-order valence-electron chi connectivity index (χ0n) is 18.0. The van der Waals surface area contributed by atoms with Gasteiger partial charge in [0.05, 0.1) is 11.2 Å². The summed E-state index contributed by atoms with van der Waals surface area (Å²) >= 11 is 12.6. The maximum Gasteiger partial charge on any atom is 0.254 e. The molecule has 0 fully saturated rings. The largest absolute Gasteiger partial charge is 0.337 e. The number of aryl methyl sites for hydroxylation is 2. The molecule has 0 saturated heterocycles. The van der Waals surface area contributed by atoms with Crippen LogP contribution in [0.2, 0.25) is 10.0 Å². The Morgan fingerprint density at radius 1 is 0.788 bits per heavy atom. The minimum absolute atomic E-state index is 0.628. The lowest BCUT2D eigenvalue weighted by molar-refractivity contribution is -0.593. The highest BCUT2D eigenvalue weighted by Gasteiger charge is 2.20. The summed E-state index contributed by atoms with van der Waals surface area (Å²) in [5.41, 5.74) is 5.95. The Labute approximate surface area is 202 Å². The molecule has 0 unspecified atom stereocenters. The van der Waals surface area contributed by atoms with Crippen LogP contribution in [-0.2, 0) is 13.0 Å². The van der Waals surface area contributed by atoms with Crippen molar-refractivity contribution >= 4 is 50.5 Å². The molecule has 3 heterocycles. The monoisotopic (exact) mass is 470 g/mol. The summed E-state index contributed by atoms with van der Waals surface area (Å²) in [6.07, 6.45) is 8.47. The number of hydrogen-bond acceptors (Lipinski definition) is 0. The predicted octanol–water partition coefficient (Wildman–Crippen LogP) is 7.26. The Hall–Kier alpha value is -3.27. The fourth-order valence-electron chi connectivity index (χ4n) is 4.80. The van der Waals surface area contributed by atoms with Crippen molar-refractivity contribution in [2.24, 2.45) is 0 Å². The molecule has 0 aliphatic heterocycles. The van der Waals surface area contributed by atoms with Crippen LogP contribution in [0.3, 0.4) is 0 Å². The number of aromatic nitrogens is 3. The lowest BCUT2D eigenvalue weighted by atomic mass is 10.1. The van der Waals surface area contributed by atoms with Gasteiger partial charge in [-0.2, -0.15) is 4.57 Å². The van der Waals surface area contributed by atoms with Crippen LogP contribution < -0.4 is 4.57 Å². The first-order valence-electron chi connectivity index (χ1n) is 11.1. The van der Waals surface area contributed by atoms with E-state index in [1.54, 1.807) is 6.07 Å². The number of benzene rings is 3. The molecular weight excluding hydrogens is 449 g/mol. The fraction of sp³-hybridized carbons (Fsp3) is 0.107. The first kappa shape index (κ1) is 20.3. The Bertz CT molecular complexity index is 1610. The van der Waals surface area contributed by atoms with Crippen molar-refractivity contribution in [3.63, 3.8) is 0 Å². The van der Waals surface area contributed by atoms with Crippen LogP contribution in [0.25, 0.3) is 33.0 Å². The Morgan fingerprint density at radius 2 is 1.61 bits per heavy atom. The second-order valence-electron chi connectivity index (χ2n) is 8.38. The SMILES string of the molecule is Clc1ccc(-[n+]2cc3c4c(ccn3c2)c2ccccc2n4CCCc2ccccc2)c(Cl)c1. The summed E-state index contributed by atoms with van der Waals surface area (Å²) in [5.74, 6) is 0. The average Bonchev–Trinajstić information content (AvgIpc) is 3.39. The number of para-hydroxylation sites is 1. The molecule has 0 aliphatic carbocycles. The smallest absolute Gasteiger partial charge is 0.254 e. The number of rotatable bonds is 5. The predicted molar refractivity (Wildman–Crippen MR) is 137 cm³/mol. The van der Waals surface area contributed by atoms with Crippen LogP contribution in [0.15, 0.2) is 97.6 Å². The van der Waals surface area contributed by atoms with Crippen molar-refractivity contribution in [1.82, 2.24) is 8.97 Å². The van der Waals surface area contributed by atoms with Gasteiger partial charge in [0.15, 0.2) is 11.2 Å². The van der Waals surface area contributed by atoms with E-state index in [0.29, 0.717) is 10.0 Å². The first-order valence-corrected chi connectivity index (χ1v) is 11.9.